The summed E-state index contributed by atoms with van der Waals surface area (Å²) in [6.45, 7) is 0.227. The molecule has 1 aromatic rings. The van der Waals surface area contributed by atoms with Crippen molar-refractivity contribution in [3.05, 3.63) is 29.8 Å². The Hall–Kier alpha value is -3.14. The minimum absolute atomic E-state index is 0.0193. The number of para-hydroxylation sites is 1. The lowest BCUT2D eigenvalue weighted by Gasteiger charge is -2.33. The zero-order valence-corrected chi connectivity index (χ0v) is 16.3. The van der Waals surface area contributed by atoms with Crippen LogP contribution < -0.4 is 15.4 Å². The fourth-order valence-electron chi connectivity index (χ4n) is 3.92. The van der Waals surface area contributed by atoms with Crippen LogP contribution in [0.15, 0.2) is 24.3 Å². The average Bonchev–Trinajstić information content (AvgIpc) is 3.34. The summed E-state index contributed by atoms with van der Waals surface area (Å²) in [5.74, 6) is -1.33. The number of carbonyl (C=O) groups is 4. The monoisotopic (exact) mass is 417 g/mol. The van der Waals surface area contributed by atoms with E-state index in [-0.39, 0.29) is 19.1 Å². The summed E-state index contributed by atoms with van der Waals surface area (Å²) >= 11 is 0. The van der Waals surface area contributed by atoms with E-state index < -0.39 is 42.5 Å². The molecule has 3 aliphatic heterocycles. The maximum Gasteiger partial charge on any atom is 0.326 e. The van der Waals surface area contributed by atoms with Crippen molar-refractivity contribution >= 4 is 23.8 Å². The van der Waals surface area contributed by atoms with E-state index in [1.54, 1.807) is 24.3 Å². The summed E-state index contributed by atoms with van der Waals surface area (Å²) in [6, 6.07) is 6.28. The van der Waals surface area contributed by atoms with Crippen molar-refractivity contribution in [2.45, 2.75) is 30.9 Å². The van der Waals surface area contributed by atoms with Gasteiger partial charge in [0, 0.05) is 25.1 Å². The molecule has 0 radical (unpaired) electrons. The molecule has 10 nitrogen and oxygen atoms in total. The van der Waals surface area contributed by atoms with Gasteiger partial charge in [-0.15, -0.1) is 0 Å². The van der Waals surface area contributed by atoms with E-state index in [9.17, 15) is 19.2 Å². The van der Waals surface area contributed by atoms with E-state index in [0.29, 0.717) is 24.5 Å². The molecule has 1 spiro atoms. The van der Waals surface area contributed by atoms with Crippen LogP contribution in [-0.2, 0) is 29.4 Å². The zero-order valence-electron chi connectivity index (χ0n) is 16.3. The Labute approximate surface area is 172 Å². The molecule has 0 bridgehead atoms. The predicted molar refractivity (Wildman–Crippen MR) is 101 cm³/mol. The Kier molecular flexibility index (Phi) is 5.58. The summed E-state index contributed by atoms with van der Waals surface area (Å²) in [4.78, 5) is 50.3. The lowest BCUT2D eigenvalue weighted by molar-refractivity contribution is -0.151. The van der Waals surface area contributed by atoms with Crippen molar-refractivity contribution in [1.29, 1.82) is 0 Å². The highest BCUT2D eigenvalue weighted by Gasteiger charge is 2.55. The first-order valence-corrected chi connectivity index (χ1v) is 9.90. The first-order chi connectivity index (χ1) is 14.5. The maximum absolute atomic E-state index is 13.1. The quantitative estimate of drug-likeness (QED) is 0.495. The molecular weight excluding hydrogens is 394 g/mol. The number of benzene rings is 1. The SMILES string of the molecule is O=C(COC(=O)CN1C(=O)N[C@]2(CCOc3ccccc32)C1=O)NC[C@H]1CCCO1. The van der Waals surface area contributed by atoms with Gasteiger partial charge in [0.1, 0.15) is 12.3 Å². The molecule has 2 fully saturated rings. The van der Waals surface area contributed by atoms with Crippen LogP contribution in [0.4, 0.5) is 4.79 Å². The van der Waals surface area contributed by atoms with Crippen LogP contribution in [0.1, 0.15) is 24.8 Å². The standard InChI is InChI=1S/C20H23N3O7/c24-16(21-10-13-4-3-8-28-13)12-30-17(25)11-23-18(26)20(22-19(23)27)7-9-29-15-6-2-1-5-14(15)20/h1-2,5-6,13H,3-4,7-12H2,(H,21,24)(H,22,27)/t13-,20+/m1/s1. The lowest BCUT2D eigenvalue weighted by atomic mass is 9.84. The molecule has 160 valence electrons. The minimum atomic E-state index is -1.26. The van der Waals surface area contributed by atoms with Gasteiger partial charge < -0.3 is 24.8 Å². The molecule has 1 aromatic carbocycles. The first kappa shape index (κ1) is 20.1. The predicted octanol–water partition coefficient (Wildman–Crippen LogP) is 0.0546. The van der Waals surface area contributed by atoms with E-state index in [0.717, 1.165) is 17.7 Å². The molecule has 0 saturated carbocycles. The van der Waals surface area contributed by atoms with Crippen LogP contribution in [0.3, 0.4) is 0 Å². The van der Waals surface area contributed by atoms with Crippen molar-refractivity contribution in [3.8, 4) is 5.75 Å². The van der Waals surface area contributed by atoms with Crippen LogP contribution in [0.25, 0.3) is 0 Å². The molecule has 4 amide bonds. The molecule has 3 aliphatic rings. The largest absolute Gasteiger partial charge is 0.493 e. The maximum atomic E-state index is 13.1. The fourth-order valence-corrected chi connectivity index (χ4v) is 3.92. The highest BCUT2D eigenvalue weighted by atomic mass is 16.5. The Morgan fingerprint density at radius 1 is 1.27 bits per heavy atom. The number of carbonyl (C=O) groups excluding carboxylic acids is 4. The summed E-state index contributed by atoms with van der Waals surface area (Å²) in [5, 5.41) is 5.34. The van der Waals surface area contributed by atoms with Crippen LogP contribution in [0, 0.1) is 0 Å². The highest BCUT2D eigenvalue weighted by Crippen LogP contribution is 2.40. The van der Waals surface area contributed by atoms with Crippen LogP contribution in [0.2, 0.25) is 0 Å². The van der Waals surface area contributed by atoms with Crippen molar-refractivity contribution < 1.29 is 33.4 Å². The van der Waals surface area contributed by atoms with Gasteiger partial charge in [-0.2, -0.15) is 0 Å². The van der Waals surface area contributed by atoms with Gasteiger partial charge in [0.15, 0.2) is 12.1 Å². The van der Waals surface area contributed by atoms with Gasteiger partial charge in [0.2, 0.25) is 0 Å². The van der Waals surface area contributed by atoms with Gasteiger partial charge in [0.25, 0.3) is 11.8 Å². The average molecular weight is 417 g/mol. The molecule has 0 aromatic heterocycles. The second-order valence-corrected chi connectivity index (χ2v) is 7.42. The molecule has 3 heterocycles. The van der Waals surface area contributed by atoms with Gasteiger partial charge >= 0.3 is 12.0 Å². The number of hydrogen-bond donors (Lipinski definition) is 2. The van der Waals surface area contributed by atoms with Gasteiger partial charge in [-0.3, -0.25) is 19.3 Å². The van der Waals surface area contributed by atoms with Crippen molar-refractivity contribution in [2.24, 2.45) is 0 Å². The molecule has 2 saturated heterocycles. The third-order valence-corrected chi connectivity index (χ3v) is 5.46. The topological polar surface area (TPSA) is 123 Å². The number of rotatable bonds is 6. The van der Waals surface area contributed by atoms with E-state index >= 15 is 0 Å². The van der Waals surface area contributed by atoms with E-state index in [1.165, 1.54) is 0 Å². The fraction of sp³-hybridized carbons (Fsp3) is 0.500. The Balaban J connectivity index is 1.33. The Morgan fingerprint density at radius 3 is 2.90 bits per heavy atom. The van der Waals surface area contributed by atoms with E-state index in [2.05, 4.69) is 10.6 Å². The second kappa shape index (κ2) is 8.31. The zero-order chi connectivity index (χ0) is 21.1. The summed E-state index contributed by atoms with van der Waals surface area (Å²) in [6.07, 6.45) is 2.07. The number of amides is 4. The number of nitrogens with zero attached hydrogens (tertiary/aromatic N) is 1. The molecule has 0 unspecified atom stereocenters. The molecule has 10 heteroatoms. The van der Waals surface area contributed by atoms with Gasteiger partial charge in [-0.25, -0.2) is 4.79 Å². The number of esters is 1. The summed E-state index contributed by atoms with van der Waals surface area (Å²) < 4.78 is 15.9. The third-order valence-electron chi connectivity index (χ3n) is 5.46. The Morgan fingerprint density at radius 2 is 2.10 bits per heavy atom. The number of nitrogens with one attached hydrogen (secondary N) is 2. The normalized spacial score (nSPS) is 24.9. The second-order valence-electron chi connectivity index (χ2n) is 7.42. The summed E-state index contributed by atoms with van der Waals surface area (Å²) in [7, 11) is 0. The van der Waals surface area contributed by atoms with Gasteiger partial charge in [-0.05, 0) is 18.9 Å². The van der Waals surface area contributed by atoms with Crippen molar-refractivity contribution in [1.82, 2.24) is 15.5 Å². The van der Waals surface area contributed by atoms with Crippen LogP contribution in [0.5, 0.6) is 5.75 Å². The molecule has 30 heavy (non-hydrogen) atoms. The molecular formula is C20H23N3O7. The van der Waals surface area contributed by atoms with E-state index in [4.69, 9.17) is 14.2 Å². The molecule has 0 aliphatic carbocycles. The highest BCUT2D eigenvalue weighted by molar-refractivity contribution is 6.09. The number of hydrogen-bond acceptors (Lipinski definition) is 7. The van der Waals surface area contributed by atoms with Crippen molar-refractivity contribution in [2.75, 3.05) is 32.9 Å². The number of imide groups is 1. The van der Waals surface area contributed by atoms with Gasteiger partial charge in [-0.1, -0.05) is 18.2 Å². The Bertz CT molecular complexity index is 868. The molecule has 4 rings (SSSR count). The molecule has 2 N–H and O–H groups in total. The third kappa shape index (κ3) is 3.82. The van der Waals surface area contributed by atoms with Crippen LogP contribution >= 0.6 is 0 Å². The van der Waals surface area contributed by atoms with E-state index in [1.807, 2.05) is 0 Å². The number of urea groups is 1. The number of fused-ring (bicyclic) bond motifs is 2. The smallest absolute Gasteiger partial charge is 0.326 e. The van der Waals surface area contributed by atoms with Crippen molar-refractivity contribution in [3.63, 3.8) is 0 Å². The number of ether oxygens (including phenoxy) is 3. The van der Waals surface area contributed by atoms with Gasteiger partial charge in [0.05, 0.1) is 12.7 Å². The van der Waals surface area contributed by atoms with Crippen LogP contribution in [-0.4, -0.2) is 67.7 Å². The molecule has 2 atom stereocenters. The minimum Gasteiger partial charge on any atom is -0.493 e. The lowest BCUT2D eigenvalue weighted by Crippen LogP contribution is -2.47. The summed E-state index contributed by atoms with van der Waals surface area (Å²) in [5.41, 5.74) is -0.704. The first-order valence-electron chi connectivity index (χ1n) is 9.90.